The Labute approximate surface area is 197 Å². The molecular formula is C23H28N8O3. The molecular weight excluding hydrogens is 436 g/mol. The Morgan fingerprint density at radius 1 is 1.26 bits per heavy atom. The highest BCUT2D eigenvalue weighted by molar-refractivity contribution is 6.43. The Balaban J connectivity index is 1.54. The van der Waals surface area contributed by atoms with Crippen molar-refractivity contribution in [1.82, 2.24) is 25.2 Å². The summed E-state index contributed by atoms with van der Waals surface area (Å²) in [5.41, 5.74) is 1.83. The van der Waals surface area contributed by atoms with Gasteiger partial charge in [-0.25, -0.2) is 15.0 Å². The Morgan fingerprint density at radius 2 is 2.03 bits per heavy atom. The third kappa shape index (κ3) is 5.42. The number of ether oxygens (including phenoxy) is 1. The van der Waals surface area contributed by atoms with Gasteiger partial charge in [0.2, 0.25) is 0 Å². The first kappa shape index (κ1) is 23.4. The van der Waals surface area contributed by atoms with E-state index in [4.69, 9.17) is 10.1 Å². The Bertz CT molecular complexity index is 1090. The van der Waals surface area contributed by atoms with E-state index in [1.165, 1.54) is 19.6 Å². The number of hydrogen-bond donors (Lipinski definition) is 3. The van der Waals surface area contributed by atoms with Gasteiger partial charge in [-0.3, -0.25) is 20.0 Å². The molecule has 2 aromatic heterocycles. The standard InChI is InChI=1S/C23H28N8O3/c1-25-11-19(20(24)23(33)31-8-7-16(12-31)34-2)30-22(32)21-18(28-15-9-26-13-27-10-15)6-5-17(29-21)14-3-4-14/h5-6,9-11,13-14,16,19,24,28H,3-4,7-8,12H2,1-2H3,(H,30,32). The summed E-state index contributed by atoms with van der Waals surface area (Å²) in [5.74, 6) is -0.623. The van der Waals surface area contributed by atoms with Crippen molar-refractivity contribution in [3.8, 4) is 0 Å². The number of aliphatic imine (C=N–C) groups is 1. The highest BCUT2D eigenvalue weighted by Gasteiger charge is 2.32. The molecule has 0 bridgehead atoms. The van der Waals surface area contributed by atoms with Crippen molar-refractivity contribution in [3.63, 3.8) is 0 Å². The lowest BCUT2D eigenvalue weighted by atomic mass is 10.1. The van der Waals surface area contributed by atoms with Gasteiger partial charge >= 0.3 is 0 Å². The lowest BCUT2D eigenvalue weighted by molar-refractivity contribution is -0.123. The average Bonchev–Trinajstić information content (AvgIpc) is 3.60. The van der Waals surface area contributed by atoms with Crippen LogP contribution in [0.5, 0.6) is 0 Å². The summed E-state index contributed by atoms with van der Waals surface area (Å²) in [5, 5.41) is 14.3. The number of aromatic nitrogens is 3. The smallest absolute Gasteiger partial charge is 0.272 e. The molecule has 1 saturated heterocycles. The van der Waals surface area contributed by atoms with E-state index in [0.29, 0.717) is 36.8 Å². The molecule has 1 saturated carbocycles. The highest BCUT2D eigenvalue weighted by Crippen LogP contribution is 2.39. The number of nitrogens with one attached hydrogen (secondary N) is 3. The first-order chi connectivity index (χ1) is 16.5. The Morgan fingerprint density at radius 3 is 2.68 bits per heavy atom. The fourth-order valence-corrected chi connectivity index (χ4v) is 3.82. The SMILES string of the molecule is CN=CC(NC(=O)c1nc(C2CC2)ccc1Nc1cncnc1)C(=N)C(=O)N1CCC(OC)C1. The molecule has 3 heterocycles. The van der Waals surface area contributed by atoms with E-state index in [2.05, 4.69) is 30.6 Å². The summed E-state index contributed by atoms with van der Waals surface area (Å²) in [6, 6.07) is 2.71. The van der Waals surface area contributed by atoms with Gasteiger partial charge in [-0.1, -0.05) is 0 Å². The van der Waals surface area contributed by atoms with Crippen LogP contribution in [0.2, 0.25) is 0 Å². The third-order valence-corrected chi connectivity index (χ3v) is 5.86. The van der Waals surface area contributed by atoms with Crippen LogP contribution in [0.1, 0.15) is 41.4 Å². The normalized spacial score (nSPS) is 18.6. The first-order valence-electron chi connectivity index (χ1n) is 11.2. The van der Waals surface area contributed by atoms with Crippen LogP contribution in [0.3, 0.4) is 0 Å². The molecule has 0 radical (unpaired) electrons. The molecule has 2 aliphatic rings. The number of carbonyl (C=O) groups is 2. The summed E-state index contributed by atoms with van der Waals surface area (Å²) in [4.78, 5) is 44.3. The second-order valence-corrected chi connectivity index (χ2v) is 8.33. The highest BCUT2D eigenvalue weighted by atomic mass is 16.5. The largest absolute Gasteiger partial charge is 0.380 e. The van der Waals surface area contributed by atoms with Gasteiger partial charge in [0.05, 0.1) is 29.9 Å². The van der Waals surface area contributed by atoms with Crippen LogP contribution >= 0.6 is 0 Å². The maximum atomic E-state index is 13.3. The third-order valence-electron chi connectivity index (χ3n) is 5.86. The van der Waals surface area contributed by atoms with Gasteiger partial charge in [0.15, 0.2) is 5.69 Å². The predicted octanol–water partition coefficient (Wildman–Crippen LogP) is 1.56. The molecule has 1 aliphatic carbocycles. The van der Waals surface area contributed by atoms with Gasteiger partial charge in [0.1, 0.15) is 18.1 Å². The molecule has 2 amide bonds. The van der Waals surface area contributed by atoms with Crippen molar-refractivity contribution in [2.24, 2.45) is 4.99 Å². The van der Waals surface area contributed by atoms with E-state index in [-0.39, 0.29) is 17.5 Å². The molecule has 34 heavy (non-hydrogen) atoms. The quantitative estimate of drug-likeness (QED) is 0.477. The van der Waals surface area contributed by atoms with Gasteiger partial charge in [-0.15, -0.1) is 0 Å². The van der Waals surface area contributed by atoms with Crippen molar-refractivity contribution in [3.05, 3.63) is 42.2 Å². The number of nitrogens with zero attached hydrogens (tertiary/aromatic N) is 5. The number of rotatable bonds is 9. The summed E-state index contributed by atoms with van der Waals surface area (Å²) in [6.07, 6.45) is 8.72. The number of anilines is 2. The lowest BCUT2D eigenvalue weighted by Gasteiger charge is -2.21. The fourth-order valence-electron chi connectivity index (χ4n) is 3.82. The molecule has 178 valence electrons. The van der Waals surface area contributed by atoms with Crippen LogP contribution in [0.25, 0.3) is 0 Å². The van der Waals surface area contributed by atoms with Crippen molar-refractivity contribution in [2.45, 2.75) is 37.3 Å². The van der Waals surface area contributed by atoms with Crippen LogP contribution < -0.4 is 10.6 Å². The van der Waals surface area contributed by atoms with E-state index in [1.807, 2.05) is 6.07 Å². The summed E-state index contributed by atoms with van der Waals surface area (Å²) >= 11 is 0. The maximum absolute atomic E-state index is 13.3. The molecule has 1 aliphatic heterocycles. The van der Waals surface area contributed by atoms with E-state index < -0.39 is 17.9 Å². The Kier molecular flexibility index (Phi) is 7.21. The van der Waals surface area contributed by atoms with Crippen molar-refractivity contribution in [2.75, 3.05) is 32.6 Å². The minimum Gasteiger partial charge on any atom is -0.380 e. The number of likely N-dealkylation sites (tertiary alicyclic amines) is 1. The van der Waals surface area contributed by atoms with Crippen molar-refractivity contribution < 1.29 is 14.3 Å². The zero-order chi connectivity index (χ0) is 24.1. The van der Waals surface area contributed by atoms with E-state index in [1.54, 1.807) is 30.5 Å². The average molecular weight is 465 g/mol. The van der Waals surface area contributed by atoms with Crippen molar-refractivity contribution >= 4 is 35.1 Å². The minimum atomic E-state index is -0.995. The molecule has 0 aromatic carbocycles. The van der Waals surface area contributed by atoms with Gasteiger partial charge in [-0.05, 0) is 31.4 Å². The monoisotopic (exact) mass is 464 g/mol. The van der Waals surface area contributed by atoms with E-state index in [9.17, 15) is 9.59 Å². The molecule has 11 nitrogen and oxygen atoms in total. The second kappa shape index (κ2) is 10.5. The lowest BCUT2D eigenvalue weighted by Crippen LogP contribution is -2.49. The maximum Gasteiger partial charge on any atom is 0.272 e. The molecule has 0 spiro atoms. The molecule has 2 unspecified atom stereocenters. The molecule has 2 atom stereocenters. The van der Waals surface area contributed by atoms with Crippen LogP contribution in [-0.2, 0) is 9.53 Å². The van der Waals surface area contributed by atoms with Gasteiger partial charge in [0.25, 0.3) is 11.8 Å². The van der Waals surface area contributed by atoms with Gasteiger partial charge in [-0.2, -0.15) is 0 Å². The van der Waals surface area contributed by atoms with Gasteiger partial charge in [0, 0.05) is 45.1 Å². The summed E-state index contributed by atoms with van der Waals surface area (Å²) in [6.45, 7) is 0.918. The number of amides is 2. The van der Waals surface area contributed by atoms with Crippen LogP contribution in [0.15, 0.2) is 35.8 Å². The van der Waals surface area contributed by atoms with E-state index >= 15 is 0 Å². The number of hydrogen-bond acceptors (Lipinski definition) is 9. The zero-order valence-electron chi connectivity index (χ0n) is 19.2. The van der Waals surface area contributed by atoms with Crippen LogP contribution in [0.4, 0.5) is 11.4 Å². The molecule has 2 aromatic rings. The number of methoxy groups -OCH3 is 1. The zero-order valence-corrected chi connectivity index (χ0v) is 19.2. The Hall–Kier alpha value is -3.73. The molecule has 11 heteroatoms. The van der Waals surface area contributed by atoms with Crippen LogP contribution in [-0.4, -0.2) is 83.0 Å². The van der Waals surface area contributed by atoms with Gasteiger partial charge < -0.3 is 20.3 Å². The minimum absolute atomic E-state index is 0.0467. The fraction of sp³-hybridized carbons (Fsp3) is 0.435. The topological polar surface area (TPSA) is 146 Å². The molecule has 4 rings (SSSR count). The summed E-state index contributed by atoms with van der Waals surface area (Å²) in [7, 11) is 3.13. The molecule has 3 N–H and O–H groups in total. The molecule has 2 fully saturated rings. The summed E-state index contributed by atoms with van der Waals surface area (Å²) < 4.78 is 5.31. The first-order valence-corrected chi connectivity index (χ1v) is 11.2. The van der Waals surface area contributed by atoms with E-state index in [0.717, 1.165) is 18.5 Å². The second-order valence-electron chi connectivity index (χ2n) is 8.33. The van der Waals surface area contributed by atoms with Crippen LogP contribution in [0, 0.1) is 5.41 Å². The number of carbonyl (C=O) groups excluding carboxylic acids is 2. The van der Waals surface area contributed by atoms with Crippen molar-refractivity contribution in [1.29, 1.82) is 5.41 Å². The number of pyridine rings is 1. The predicted molar refractivity (Wildman–Crippen MR) is 127 cm³/mol.